The van der Waals surface area contributed by atoms with Gasteiger partial charge in [-0.25, -0.2) is 0 Å². The number of rotatable bonds is 2. The fourth-order valence-corrected chi connectivity index (χ4v) is 1.95. The van der Waals surface area contributed by atoms with Crippen molar-refractivity contribution in [3.8, 4) is 0 Å². The smallest absolute Gasteiger partial charge is 0.0717 e. The molecule has 0 fully saturated rings. The Morgan fingerprint density at radius 2 is 2.13 bits per heavy atom. The maximum absolute atomic E-state index is 6.33. The topological polar surface area (TPSA) is 12.9 Å². The van der Waals surface area contributed by atoms with Crippen LogP contribution in [0.1, 0.15) is 18.4 Å². The van der Waals surface area contributed by atoms with Crippen LogP contribution >= 0.6 is 11.6 Å². The average Bonchev–Trinajstić information content (AvgIpc) is 2.29. The quantitative estimate of drug-likeness (QED) is 0.688. The molecule has 2 aromatic rings. The lowest BCUT2D eigenvalue weighted by Gasteiger charge is -2.10. The van der Waals surface area contributed by atoms with Crippen LogP contribution in [0.2, 0.25) is 5.02 Å². The third-order valence-corrected chi connectivity index (χ3v) is 3.00. The first-order valence-electron chi connectivity index (χ1n) is 4.89. The van der Waals surface area contributed by atoms with E-state index in [0.717, 1.165) is 21.5 Å². The molecule has 1 atom stereocenters. The summed E-state index contributed by atoms with van der Waals surface area (Å²) in [5, 5.41) is 1.79. The molecule has 0 aliphatic carbocycles. The Kier molecular flexibility index (Phi) is 2.74. The van der Waals surface area contributed by atoms with Crippen molar-refractivity contribution in [3.05, 3.63) is 53.7 Å². The molecular weight excluding hydrogens is 206 g/mol. The van der Waals surface area contributed by atoms with E-state index in [2.05, 4.69) is 18.5 Å². The van der Waals surface area contributed by atoms with Gasteiger partial charge in [0.1, 0.15) is 0 Å². The van der Waals surface area contributed by atoms with Gasteiger partial charge >= 0.3 is 0 Å². The normalized spacial score (nSPS) is 12.7. The van der Waals surface area contributed by atoms with Crippen molar-refractivity contribution < 1.29 is 0 Å². The van der Waals surface area contributed by atoms with Crippen molar-refractivity contribution in [2.75, 3.05) is 0 Å². The van der Waals surface area contributed by atoms with Gasteiger partial charge in [0, 0.05) is 17.5 Å². The number of hydrogen-bond acceptors (Lipinski definition) is 1. The predicted octanol–water partition coefficient (Wildman–Crippen LogP) is 4.18. The van der Waals surface area contributed by atoms with Crippen molar-refractivity contribution in [2.24, 2.45) is 0 Å². The lowest BCUT2D eigenvalue weighted by Crippen LogP contribution is -1.93. The van der Waals surface area contributed by atoms with Gasteiger partial charge < -0.3 is 0 Å². The Hall–Kier alpha value is -1.34. The molecular formula is C13H12ClN. The number of halogens is 1. The molecule has 1 heterocycles. The Bertz CT molecular complexity index is 505. The van der Waals surface area contributed by atoms with Crippen LogP contribution in [-0.4, -0.2) is 4.98 Å². The van der Waals surface area contributed by atoms with Crippen LogP contribution in [0.5, 0.6) is 0 Å². The Labute approximate surface area is 94.4 Å². The minimum Gasteiger partial charge on any atom is -0.256 e. The molecule has 0 radical (unpaired) electrons. The molecule has 76 valence electrons. The summed E-state index contributed by atoms with van der Waals surface area (Å²) < 4.78 is 0. The van der Waals surface area contributed by atoms with E-state index < -0.39 is 0 Å². The van der Waals surface area contributed by atoms with Crippen LogP contribution in [0.4, 0.5) is 0 Å². The van der Waals surface area contributed by atoms with Gasteiger partial charge in [0.15, 0.2) is 0 Å². The Morgan fingerprint density at radius 3 is 2.87 bits per heavy atom. The van der Waals surface area contributed by atoms with Gasteiger partial charge in [-0.1, -0.05) is 42.8 Å². The maximum Gasteiger partial charge on any atom is 0.0717 e. The second kappa shape index (κ2) is 4.03. The molecule has 0 N–H and O–H groups in total. The van der Waals surface area contributed by atoms with Gasteiger partial charge in [0.05, 0.1) is 10.5 Å². The zero-order valence-electron chi connectivity index (χ0n) is 8.57. The summed E-state index contributed by atoms with van der Waals surface area (Å²) in [4.78, 5) is 4.38. The van der Waals surface area contributed by atoms with Crippen LogP contribution in [0.3, 0.4) is 0 Å². The zero-order chi connectivity index (χ0) is 10.8. The number of aromatic nitrogens is 1. The van der Waals surface area contributed by atoms with Gasteiger partial charge in [-0.15, -0.1) is 6.58 Å². The molecule has 1 aromatic heterocycles. The molecule has 0 spiro atoms. The molecule has 1 aromatic carbocycles. The average molecular weight is 218 g/mol. The number of hydrogen-bond donors (Lipinski definition) is 0. The minimum absolute atomic E-state index is 0.231. The SMILES string of the molecule is C=CC(C)c1cnc2ccccc2c1Cl. The van der Waals surface area contributed by atoms with Crippen molar-refractivity contribution in [3.63, 3.8) is 0 Å². The molecule has 0 amide bonds. The molecule has 2 rings (SSSR count). The van der Waals surface area contributed by atoms with Crippen LogP contribution in [0.25, 0.3) is 10.9 Å². The summed E-state index contributed by atoms with van der Waals surface area (Å²) in [6.45, 7) is 5.83. The highest BCUT2D eigenvalue weighted by molar-refractivity contribution is 6.36. The van der Waals surface area contributed by atoms with Crippen LogP contribution in [0, 0.1) is 0 Å². The van der Waals surface area contributed by atoms with Gasteiger partial charge in [-0.3, -0.25) is 4.98 Å². The van der Waals surface area contributed by atoms with E-state index in [-0.39, 0.29) is 5.92 Å². The van der Waals surface area contributed by atoms with Crippen molar-refractivity contribution in [2.45, 2.75) is 12.8 Å². The molecule has 0 saturated heterocycles. The number of benzene rings is 1. The fraction of sp³-hybridized carbons (Fsp3) is 0.154. The van der Waals surface area contributed by atoms with Crippen molar-refractivity contribution in [1.82, 2.24) is 4.98 Å². The summed E-state index contributed by atoms with van der Waals surface area (Å²) in [5.74, 6) is 0.231. The molecule has 0 aliphatic heterocycles. The number of pyridine rings is 1. The van der Waals surface area contributed by atoms with E-state index in [0.29, 0.717) is 0 Å². The van der Waals surface area contributed by atoms with E-state index in [1.165, 1.54) is 0 Å². The van der Waals surface area contributed by atoms with Gasteiger partial charge in [0.2, 0.25) is 0 Å². The number of fused-ring (bicyclic) bond motifs is 1. The molecule has 0 bridgehead atoms. The predicted molar refractivity (Wildman–Crippen MR) is 65.4 cm³/mol. The third kappa shape index (κ3) is 1.75. The number of allylic oxidation sites excluding steroid dienone is 1. The van der Waals surface area contributed by atoms with Crippen LogP contribution in [0.15, 0.2) is 43.1 Å². The zero-order valence-corrected chi connectivity index (χ0v) is 9.33. The second-order valence-corrected chi connectivity index (χ2v) is 3.95. The van der Waals surface area contributed by atoms with E-state index in [1.807, 2.05) is 36.5 Å². The fourth-order valence-electron chi connectivity index (χ4n) is 1.57. The molecule has 1 unspecified atom stereocenters. The molecule has 1 nitrogen and oxygen atoms in total. The summed E-state index contributed by atoms with van der Waals surface area (Å²) in [5.41, 5.74) is 1.97. The molecule has 15 heavy (non-hydrogen) atoms. The lowest BCUT2D eigenvalue weighted by molar-refractivity contribution is 0.963. The highest BCUT2D eigenvalue weighted by atomic mass is 35.5. The monoisotopic (exact) mass is 217 g/mol. The summed E-state index contributed by atoms with van der Waals surface area (Å²) >= 11 is 6.33. The largest absolute Gasteiger partial charge is 0.256 e. The van der Waals surface area contributed by atoms with E-state index >= 15 is 0 Å². The first kappa shape index (κ1) is 10.2. The summed E-state index contributed by atoms with van der Waals surface area (Å²) in [6.07, 6.45) is 3.70. The van der Waals surface area contributed by atoms with Gasteiger partial charge in [-0.05, 0) is 11.6 Å². The van der Waals surface area contributed by atoms with Crippen molar-refractivity contribution >= 4 is 22.5 Å². The van der Waals surface area contributed by atoms with Gasteiger partial charge in [-0.2, -0.15) is 0 Å². The highest BCUT2D eigenvalue weighted by Gasteiger charge is 2.09. The Morgan fingerprint density at radius 1 is 1.40 bits per heavy atom. The highest BCUT2D eigenvalue weighted by Crippen LogP contribution is 2.30. The summed E-state index contributed by atoms with van der Waals surface area (Å²) in [6, 6.07) is 7.88. The van der Waals surface area contributed by atoms with Crippen LogP contribution in [-0.2, 0) is 0 Å². The summed E-state index contributed by atoms with van der Waals surface area (Å²) in [7, 11) is 0. The first-order valence-corrected chi connectivity index (χ1v) is 5.27. The number of nitrogens with zero attached hydrogens (tertiary/aromatic N) is 1. The van der Waals surface area contributed by atoms with E-state index in [9.17, 15) is 0 Å². The number of para-hydroxylation sites is 1. The second-order valence-electron chi connectivity index (χ2n) is 3.57. The van der Waals surface area contributed by atoms with Crippen molar-refractivity contribution in [1.29, 1.82) is 0 Å². The van der Waals surface area contributed by atoms with E-state index in [4.69, 9.17) is 11.6 Å². The lowest BCUT2D eigenvalue weighted by atomic mass is 10.0. The van der Waals surface area contributed by atoms with Crippen LogP contribution < -0.4 is 0 Å². The van der Waals surface area contributed by atoms with E-state index in [1.54, 1.807) is 0 Å². The maximum atomic E-state index is 6.33. The first-order chi connectivity index (χ1) is 7.24. The minimum atomic E-state index is 0.231. The molecule has 2 heteroatoms. The standard InChI is InChI=1S/C13H12ClN/c1-3-9(2)11-8-15-12-7-5-4-6-10(12)13(11)14/h3-9H,1H2,2H3. The third-order valence-electron chi connectivity index (χ3n) is 2.58. The van der Waals surface area contributed by atoms with Gasteiger partial charge in [0.25, 0.3) is 0 Å². The Balaban J connectivity index is 2.70. The molecule has 0 saturated carbocycles. The molecule has 0 aliphatic rings.